The minimum Gasteiger partial charge on any atom is -0.408 e. The summed E-state index contributed by atoms with van der Waals surface area (Å²) in [6, 6.07) is 5.18. The summed E-state index contributed by atoms with van der Waals surface area (Å²) in [4.78, 5) is 25.9. The molecule has 0 saturated heterocycles. The number of carbonyl (C=O) groups is 1. The number of nitrogens with one attached hydrogen (secondary N) is 2. The third-order valence-electron chi connectivity index (χ3n) is 4.78. The molecule has 2 amide bonds. The highest BCUT2D eigenvalue weighted by molar-refractivity contribution is 5.91. The zero-order valence-electron chi connectivity index (χ0n) is 15.6. The molecule has 0 unspecified atom stereocenters. The molecule has 1 aromatic heterocycles. The number of aryl methyl sites for hydroxylation is 1. The lowest BCUT2D eigenvalue weighted by atomic mass is 9.93. The van der Waals surface area contributed by atoms with Gasteiger partial charge < -0.3 is 20.0 Å². The van der Waals surface area contributed by atoms with Crippen LogP contribution in [0.5, 0.6) is 0 Å². The fourth-order valence-electron chi connectivity index (χ4n) is 3.19. The van der Waals surface area contributed by atoms with Gasteiger partial charge in [0.05, 0.1) is 5.52 Å². The number of hydrogen-bond donors (Lipinski definition) is 2. The summed E-state index contributed by atoms with van der Waals surface area (Å²) < 4.78 is 6.57. The summed E-state index contributed by atoms with van der Waals surface area (Å²) in [6.45, 7) is 4.93. The number of oxazole rings is 1. The van der Waals surface area contributed by atoms with Gasteiger partial charge in [0.25, 0.3) is 0 Å². The van der Waals surface area contributed by atoms with Crippen molar-refractivity contribution in [2.24, 2.45) is 13.0 Å². The molecule has 1 heterocycles. The SMILES string of the molecule is CCC(CC)[C@H](CNC(=O)Nc1ccc2c(c1)oc(=O)n2C)N(C)C. The Kier molecular flexibility index (Phi) is 6.25. The number of urea groups is 1. The average Bonchev–Trinajstić information content (AvgIpc) is 2.85. The quantitative estimate of drug-likeness (QED) is 0.806. The number of benzene rings is 1. The van der Waals surface area contributed by atoms with Crippen LogP contribution in [0.2, 0.25) is 0 Å². The summed E-state index contributed by atoms with van der Waals surface area (Å²) in [5.41, 5.74) is 1.73. The Bertz CT molecular complexity index is 774. The normalized spacial score (nSPS) is 12.8. The van der Waals surface area contributed by atoms with E-state index in [4.69, 9.17) is 4.42 Å². The van der Waals surface area contributed by atoms with Crippen LogP contribution in [0, 0.1) is 5.92 Å². The maximum atomic E-state index is 12.2. The van der Waals surface area contributed by atoms with Crippen molar-refractivity contribution in [3.8, 4) is 0 Å². The minimum atomic E-state index is -0.421. The van der Waals surface area contributed by atoms with Crippen molar-refractivity contribution in [2.75, 3.05) is 26.0 Å². The van der Waals surface area contributed by atoms with E-state index in [-0.39, 0.29) is 12.1 Å². The second-order valence-electron chi connectivity index (χ2n) is 6.55. The molecule has 1 atom stereocenters. The van der Waals surface area contributed by atoms with Crippen molar-refractivity contribution in [1.29, 1.82) is 0 Å². The zero-order chi connectivity index (χ0) is 18.6. The van der Waals surface area contributed by atoms with Gasteiger partial charge in [-0.1, -0.05) is 26.7 Å². The predicted molar refractivity (Wildman–Crippen MR) is 100 cm³/mol. The van der Waals surface area contributed by atoms with Gasteiger partial charge in [-0.25, -0.2) is 9.59 Å². The standard InChI is InChI=1S/C18H28N4O3/c1-6-12(7-2)15(21(3)4)11-19-17(23)20-13-8-9-14-16(10-13)25-18(24)22(14)5/h8-10,12,15H,6-7,11H2,1-5H3,(H2,19,20,23)/t15-/m0/s1. The molecule has 7 heteroatoms. The van der Waals surface area contributed by atoms with E-state index >= 15 is 0 Å². The van der Waals surface area contributed by atoms with Gasteiger partial charge in [-0.3, -0.25) is 4.57 Å². The molecular weight excluding hydrogens is 320 g/mol. The highest BCUT2D eigenvalue weighted by Crippen LogP contribution is 2.18. The van der Waals surface area contributed by atoms with Gasteiger partial charge in [0.15, 0.2) is 5.58 Å². The monoisotopic (exact) mass is 348 g/mol. The van der Waals surface area contributed by atoms with Gasteiger partial charge in [-0.2, -0.15) is 0 Å². The molecule has 7 nitrogen and oxygen atoms in total. The van der Waals surface area contributed by atoms with Crippen molar-refractivity contribution in [3.63, 3.8) is 0 Å². The number of aromatic nitrogens is 1. The molecule has 2 N–H and O–H groups in total. The fraction of sp³-hybridized carbons (Fsp3) is 0.556. The lowest BCUT2D eigenvalue weighted by Gasteiger charge is -2.31. The Balaban J connectivity index is 2.01. The number of hydrogen-bond acceptors (Lipinski definition) is 4. The van der Waals surface area contributed by atoms with E-state index in [9.17, 15) is 9.59 Å². The topological polar surface area (TPSA) is 79.5 Å². The minimum absolute atomic E-state index is 0.268. The van der Waals surface area contributed by atoms with Crippen LogP contribution in [-0.4, -0.2) is 42.2 Å². The second kappa shape index (κ2) is 8.20. The van der Waals surface area contributed by atoms with Crippen LogP contribution in [0.3, 0.4) is 0 Å². The molecule has 0 bridgehead atoms. The maximum absolute atomic E-state index is 12.2. The van der Waals surface area contributed by atoms with E-state index in [1.807, 2.05) is 14.1 Å². The predicted octanol–water partition coefficient (Wildman–Crippen LogP) is 2.62. The molecule has 1 aromatic carbocycles. The number of likely N-dealkylation sites (N-methyl/N-ethyl adjacent to an activating group) is 1. The lowest BCUT2D eigenvalue weighted by molar-refractivity contribution is 0.193. The highest BCUT2D eigenvalue weighted by atomic mass is 16.4. The van der Waals surface area contributed by atoms with E-state index in [1.165, 1.54) is 4.57 Å². The Morgan fingerprint density at radius 3 is 2.56 bits per heavy atom. The molecular formula is C18H28N4O3. The van der Waals surface area contributed by atoms with Gasteiger partial charge in [0.2, 0.25) is 0 Å². The Labute approximate surface area is 148 Å². The molecule has 0 spiro atoms. The molecule has 0 saturated carbocycles. The van der Waals surface area contributed by atoms with Crippen LogP contribution < -0.4 is 16.4 Å². The number of nitrogens with zero attached hydrogens (tertiary/aromatic N) is 2. The third-order valence-corrected chi connectivity index (χ3v) is 4.78. The summed E-state index contributed by atoms with van der Waals surface area (Å²) in [6.07, 6.45) is 2.15. The molecule has 2 aromatic rings. The first-order valence-corrected chi connectivity index (χ1v) is 8.68. The first-order chi connectivity index (χ1) is 11.9. The van der Waals surface area contributed by atoms with Gasteiger partial charge in [-0.15, -0.1) is 0 Å². The number of fused-ring (bicyclic) bond motifs is 1. The molecule has 0 aliphatic heterocycles. The summed E-state index contributed by atoms with van der Waals surface area (Å²) in [5.74, 6) is 0.112. The molecule has 0 aliphatic rings. The number of amides is 2. The van der Waals surface area contributed by atoms with Crippen molar-refractivity contribution < 1.29 is 9.21 Å². The second-order valence-corrected chi connectivity index (χ2v) is 6.55. The number of carbonyl (C=O) groups excluding carboxylic acids is 1. The van der Waals surface area contributed by atoms with Crippen LogP contribution in [0.4, 0.5) is 10.5 Å². The van der Waals surface area contributed by atoms with Crippen LogP contribution in [0.25, 0.3) is 11.1 Å². The summed E-state index contributed by atoms with van der Waals surface area (Å²) >= 11 is 0. The zero-order valence-corrected chi connectivity index (χ0v) is 15.6. The summed E-state index contributed by atoms with van der Waals surface area (Å²) in [7, 11) is 5.72. The van der Waals surface area contributed by atoms with Crippen molar-refractivity contribution in [3.05, 3.63) is 28.7 Å². The van der Waals surface area contributed by atoms with Crippen molar-refractivity contribution in [1.82, 2.24) is 14.8 Å². The molecule has 138 valence electrons. The Morgan fingerprint density at radius 1 is 1.28 bits per heavy atom. The lowest BCUT2D eigenvalue weighted by Crippen LogP contribution is -2.45. The van der Waals surface area contributed by atoms with Crippen LogP contribution in [-0.2, 0) is 7.05 Å². The van der Waals surface area contributed by atoms with Crippen molar-refractivity contribution in [2.45, 2.75) is 32.7 Å². The van der Waals surface area contributed by atoms with E-state index in [0.717, 1.165) is 12.8 Å². The molecule has 25 heavy (non-hydrogen) atoms. The molecule has 2 rings (SSSR count). The Hall–Kier alpha value is -2.28. The van der Waals surface area contributed by atoms with Crippen molar-refractivity contribution >= 4 is 22.8 Å². The van der Waals surface area contributed by atoms with Gasteiger partial charge >= 0.3 is 11.8 Å². The molecule has 0 radical (unpaired) electrons. The smallest absolute Gasteiger partial charge is 0.408 e. The highest BCUT2D eigenvalue weighted by Gasteiger charge is 2.21. The van der Waals surface area contributed by atoms with E-state index in [2.05, 4.69) is 29.4 Å². The number of anilines is 1. The summed E-state index contributed by atoms with van der Waals surface area (Å²) in [5, 5.41) is 5.73. The van der Waals surface area contributed by atoms with Gasteiger partial charge in [0.1, 0.15) is 0 Å². The van der Waals surface area contributed by atoms with E-state index in [1.54, 1.807) is 25.2 Å². The fourth-order valence-corrected chi connectivity index (χ4v) is 3.19. The third kappa shape index (κ3) is 4.42. The van der Waals surface area contributed by atoms with Crippen LogP contribution >= 0.6 is 0 Å². The molecule has 0 fully saturated rings. The average molecular weight is 348 g/mol. The first kappa shape index (κ1) is 19.1. The maximum Gasteiger partial charge on any atom is 0.419 e. The molecule has 0 aliphatic carbocycles. The van der Waals surface area contributed by atoms with Crippen LogP contribution in [0.15, 0.2) is 27.4 Å². The first-order valence-electron chi connectivity index (χ1n) is 8.68. The van der Waals surface area contributed by atoms with Gasteiger partial charge in [-0.05, 0) is 32.1 Å². The van der Waals surface area contributed by atoms with E-state index < -0.39 is 5.76 Å². The Morgan fingerprint density at radius 2 is 1.96 bits per heavy atom. The van der Waals surface area contributed by atoms with Gasteiger partial charge in [0, 0.05) is 31.4 Å². The van der Waals surface area contributed by atoms with E-state index in [0.29, 0.717) is 29.2 Å². The van der Waals surface area contributed by atoms with Crippen LogP contribution in [0.1, 0.15) is 26.7 Å². The largest absolute Gasteiger partial charge is 0.419 e. The number of rotatable bonds is 7.